The number of pyridine rings is 2. The molecule has 6 nitrogen and oxygen atoms in total. The predicted molar refractivity (Wildman–Crippen MR) is 89.0 cm³/mol. The Kier molecular flexibility index (Phi) is 3.91. The van der Waals surface area contributed by atoms with Crippen LogP contribution in [-0.2, 0) is 0 Å². The summed E-state index contributed by atoms with van der Waals surface area (Å²) < 4.78 is 0.878. The van der Waals surface area contributed by atoms with Gasteiger partial charge in [0.05, 0.1) is 23.6 Å². The fourth-order valence-corrected chi connectivity index (χ4v) is 2.59. The van der Waals surface area contributed by atoms with Gasteiger partial charge in [-0.05, 0) is 24.3 Å². The zero-order valence-corrected chi connectivity index (χ0v) is 13.3. The lowest BCUT2D eigenvalue weighted by atomic mass is 10.1. The Hall–Kier alpha value is -2.98. The van der Waals surface area contributed by atoms with Crippen LogP contribution in [0, 0.1) is 17.5 Å². The molecule has 1 amide bonds. The Morgan fingerprint density at radius 2 is 2.26 bits per heavy atom. The summed E-state index contributed by atoms with van der Waals surface area (Å²) in [5.41, 5.74) is 6.99. The number of rotatable bonds is 3. The van der Waals surface area contributed by atoms with Gasteiger partial charge in [-0.25, -0.2) is 4.98 Å². The predicted octanol–water partition coefficient (Wildman–Crippen LogP) is 2.91. The smallest absolute Gasteiger partial charge is 0.268 e. The van der Waals surface area contributed by atoms with Crippen LogP contribution in [-0.4, -0.2) is 15.9 Å². The number of amides is 1. The number of nitrogens with two attached hydrogens (primary N) is 1. The van der Waals surface area contributed by atoms with E-state index in [2.05, 4.69) is 37.4 Å². The molecule has 0 spiro atoms. The summed E-state index contributed by atoms with van der Waals surface area (Å²) in [5, 5.41) is 13.2. The van der Waals surface area contributed by atoms with E-state index in [1.165, 1.54) is 6.20 Å². The molecule has 0 fully saturated rings. The monoisotopic (exact) mass is 366 g/mol. The van der Waals surface area contributed by atoms with Gasteiger partial charge in [0.15, 0.2) is 0 Å². The number of primary amides is 1. The second-order valence-corrected chi connectivity index (χ2v) is 5.57. The molecule has 1 radical (unpaired) electrons. The van der Waals surface area contributed by atoms with Crippen molar-refractivity contribution in [1.29, 1.82) is 5.26 Å². The highest BCUT2D eigenvalue weighted by Gasteiger charge is 2.19. The van der Waals surface area contributed by atoms with Crippen molar-refractivity contribution in [2.24, 2.45) is 5.73 Å². The minimum absolute atomic E-state index is 0.0876. The maximum atomic E-state index is 11.6. The van der Waals surface area contributed by atoms with Crippen LogP contribution in [0.1, 0.15) is 16.1 Å². The number of fused-ring (bicyclic) bond motifs is 1. The third-order valence-corrected chi connectivity index (χ3v) is 3.67. The van der Waals surface area contributed by atoms with Crippen LogP contribution in [0.25, 0.3) is 10.9 Å². The van der Waals surface area contributed by atoms with Gasteiger partial charge in [-0.1, -0.05) is 22.0 Å². The standard InChI is InChI=1S/C16H9BrN5O/c17-9-2-1-3-10(6-9)21-14-11-4-5-20-8-13(11)22-15(16(19)23)12(14)7-18/h1-4,6,8H,(H2,19,23)(H,21,22). The number of aromatic nitrogens is 2. The van der Waals surface area contributed by atoms with Crippen molar-refractivity contribution in [2.75, 3.05) is 5.32 Å². The number of carbonyl (C=O) groups excluding carboxylic acids is 1. The van der Waals surface area contributed by atoms with Crippen LogP contribution >= 0.6 is 15.9 Å². The first-order valence-corrected chi connectivity index (χ1v) is 7.31. The number of benzene rings is 1. The summed E-state index contributed by atoms with van der Waals surface area (Å²) in [6, 6.07) is 11.0. The lowest BCUT2D eigenvalue weighted by Crippen LogP contribution is -2.16. The molecule has 3 N–H and O–H groups in total. The molecule has 23 heavy (non-hydrogen) atoms. The SMILES string of the molecule is N#Cc1c(C(N)=O)nc2cn[c]cc2c1Nc1cccc(Br)c1. The molecule has 0 aliphatic rings. The molecular weight excluding hydrogens is 358 g/mol. The van der Waals surface area contributed by atoms with E-state index in [0.29, 0.717) is 16.6 Å². The van der Waals surface area contributed by atoms with Crippen molar-refractivity contribution in [1.82, 2.24) is 9.97 Å². The average Bonchev–Trinajstić information content (AvgIpc) is 2.54. The summed E-state index contributed by atoms with van der Waals surface area (Å²) in [7, 11) is 0. The molecule has 1 aromatic carbocycles. The van der Waals surface area contributed by atoms with Crippen LogP contribution in [0.3, 0.4) is 0 Å². The number of hydrogen-bond acceptors (Lipinski definition) is 5. The molecule has 111 valence electrons. The Morgan fingerprint density at radius 3 is 2.96 bits per heavy atom. The Morgan fingerprint density at radius 1 is 1.43 bits per heavy atom. The first kappa shape index (κ1) is 14.9. The molecule has 0 bridgehead atoms. The van der Waals surface area contributed by atoms with E-state index < -0.39 is 5.91 Å². The van der Waals surface area contributed by atoms with Gasteiger partial charge in [0, 0.05) is 15.5 Å². The van der Waals surface area contributed by atoms with Crippen LogP contribution in [0.2, 0.25) is 0 Å². The van der Waals surface area contributed by atoms with Gasteiger partial charge >= 0.3 is 0 Å². The van der Waals surface area contributed by atoms with E-state index in [0.717, 1.165) is 10.2 Å². The highest BCUT2D eigenvalue weighted by molar-refractivity contribution is 9.10. The lowest BCUT2D eigenvalue weighted by molar-refractivity contribution is 0.0995. The molecule has 0 atom stereocenters. The van der Waals surface area contributed by atoms with Gasteiger partial charge in [0.1, 0.15) is 17.3 Å². The van der Waals surface area contributed by atoms with E-state index in [9.17, 15) is 10.1 Å². The number of hydrogen-bond donors (Lipinski definition) is 2. The van der Waals surface area contributed by atoms with Crippen LogP contribution in [0.15, 0.2) is 41.0 Å². The lowest BCUT2D eigenvalue weighted by Gasteiger charge is -2.13. The van der Waals surface area contributed by atoms with Gasteiger partial charge in [0.25, 0.3) is 5.91 Å². The van der Waals surface area contributed by atoms with Gasteiger partial charge in [-0.2, -0.15) is 5.26 Å². The highest BCUT2D eigenvalue weighted by atomic mass is 79.9. The molecule has 2 heterocycles. The molecule has 0 saturated carbocycles. The van der Waals surface area contributed by atoms with Crippen molar-refractivity contribution >= 4 is 44.1 Å². The van der Waals surface area contributed by atoms with Crippen molar-refractivity contribution in [3.63, 3.8) is 0 Å². The van der Waals surface area contributed by atoms with Crippen LogP contribution in [0.5, 0.6) is 0 Å². The maximum Gasteiger partial charge on any atom is 0.268 e. The van der Waals surface area contributed by atoms with E-state index in [-0.39, 0.29) is 11.3 Å². The number of halogens is 1. The molecule has 3 rings (SSSR count). The molecule has 2 aromatic heterocycles. The van der Waals surface area contributed by atoms with Gasteiger partial charge in [-0.3, -0.25) is 9.78 Å². The summed E-state index contributed by atoms with van der Waals surface area (Å²) in [5.74, 6) is -0.770. The van der Waals surface area contributed by atoms with Crippen molar-refractivity contribution in [2.45, 2.75) is 0 Å². The van der Waals surface area contributed by atoms with Crippen LogP contribution < -0.4 is 11.1 Å². The minimum atomic E-state index is -0.770. The third-order valence-electron chi connectivity index (χ3n) is 3.17. The number of anilines is 2. The van der Waals surface area contributed by atoms with E-state index >= 15 is 0 Å². The number of nitrogens with zero attached hydrogens (tertiary/aromatic N) is 3. The summed E-state index contributed by atoms with van der Waals surface area (Å²) in [6.07, 6.45) is 4.18. The van der Waals surface area contributed by atoms with Crippen molar-refractivity contribution in [3.8, 4) is 6.07 Å². The largest absolute Gasteiger partial charge is 0.364 e. The van der Waals surface area contributed by atoms with Crippen molar-refractivity contribution in [3.05, 3.63) is 58.5 Å². The average molecular weight is 367 g/mol. The molecule has 0 aliphatic heterocycles. The zero-order chi connectivity index (χ0) is 16.4. The molecule has 3 aromatic rings. The first-order valence-electron chi connectivity index (χ1n) is 6.52. The summed E-state index contributed by atoms with van der Waals surface area (Å²) >= 11 is 3.39. The van der Waals surface area contributed by atoms with Gasteiger partial charge in [-0.15, -0.1) is 0 Å². The fourth-order valence-electron chi connectivity index (χ4n) is 2.19. The second-order valence-electron chi connectivity index (χ2n) is 4.65. The third kappa shape index (κ3) is 2.84. The maximum absolute atomic E-state index is 11.6. The minimum Gasteiger partial charge on any atom is -0.364 e. The second kappa shape index (κ2) is 6.02. The highest BCUT2D eigenvalue weighted by Crippen LogP contribution is 2.31. The Labute approximate surface area is 140 Å². The molecule has 0 unspecified atom stereocenters. The summed E-state index contributed by atoms with van der Waals surface area (Å²) in [4.78, 5) is 19.6. The van der Waals surface area contributed by atoms with Crippen molar-refractivity contribution < 1.29 is 4.79 Å². The molecule has 0 saturated heterocycles. The Balaban J connectivity index is 2.28. The van der Waals surface area contributed by atoms with E-state index in [1.807, 2.05) is 30.3 Å². The van der Waals surface area contributed by atoms with E-state index in [4.69, 9.17) is 5.73 Å². The molecule has 0 aliphatic carbocycles. The number of carbonyl (C=O) groups is 1. The Bertz CT molecular complexity index is 964. The quantitative estimate of drug-likeness (QED) is 0.741. The van der Waals surface area contributed by atoms with E-state index in [1.54, 1.807) is 6.07 Å². The number of nitrogens with one attached hydrogen (secondary N) is 1. The fraction of sp³-hybridized carbons (Fsp3) is 0. The van der Waals surface area contributed by atoms with Gasteiger partial charge in [0.2, 0.25) is 0 Å². The summed E-state index contributed by atoms with van der Waals surface area (Å²) in [6.45, 7) is 0. The normalized spacial score (nSPS) is 10.3. The van der Waals surface area contributed by atoms with Gasteiger partial charge < -0.3 is 11.1 Å². The first-order chi connectivity index (χ1) is 11.1. The van der Waals surface area contributed by atoms with Crippen LogP contribution in [0.4, 0.5) is 11.4 Å². The topological polar surface area (TPSA) is 105 Å². The number of nitriles is 1. The molecule has 7 heteroatoms. The zero-order valence-electron chi connectivity index (χ0n) is 11.7. The molecular formula is C16H9BrN5O.